The van der Waals surface area contributed by atoms with E-state index in [-0.39, 0.29) is 55.3 Å². The average Bonchev–Trinajstić information content (AvgIpc) is 3.45. The summed E-state index contributed by atoms with van der Waals surface area (Å²) < 4.78 is 5.87. The lowest BCUT2D eigenvalue weighted by Gasteiger charge is -2.62. The van der Waals surface area contributed by atoms with Gasteiger partial charge in [0.15, 0.2) is 0 Å². The Labute approximate surface area is 323 Å². The van der Waals surface area contributed by atoms with E-state index < -0.39 is 67.7 Å². The Hall–Kier alpha value is -3.50. The Kier molecular flexibility index (Phi) is 15.4. The second kappa shape index (κ2) is 19.1. The van der Waals surface area contributed by atoms with Crippen LogP contribution in [-0.4, -0.2) is 134 Å². The summed E-state index contributed by atoms with van der Waals surface area (Å²) >= 11 is 0. The molecule has 4 rings (SSSR count). The molecule has 4 aliphatic rings. The number of carboxylic acid groups (broad SMARTS) is 5. The molecule has 7 N–H and O–H groups in total. The van der Waals surface area contributed by atoms with Crippen LogP contribution in [0.4, 0.5) is 4.79 Å². The molecular weight excluding hydrogens is 718 g/mol. The number of amides is 1. The topological polar surface area (TPSA) is 252 Å². The molecule has 0 heterocycles. The Balaban J connectivity index is 1.24. The van der Waals surface area contributed by atoms with Crippen LogP contribution in [-0.2, 0) is 28.7 Å². The molecule has 0 aromatic heterocycles. The summed E-state index contributed by atoms with van der Waals surface area (Å²) in [5.74, 6) is -3.61. The maximum atomic E-state index is 12.8. The maximum absolute atomic E-state index is 12.8. The van der Waals surface area contributed by atoms with Crippen molar-refractivity contribution in [2.75, 3.05) is 39.3 Å². The highest BCUT2D eigenvalue weighted by Crippen LogP contribution is 2.68. The summed E-state index contributed by atoms with van der Waals surface area (Å²) in [5.41, 5.74) is -0.170. The number of aliphatic hydroxyl groups excluding tert-OH is 1. The molecule has 0 spiro atoms. The van der Waals surface area contributed by atoms with Gasteiger partial charge in [0, 0.05) is 26.1 Å². The standard InChI is InChI=1S/C39H63N3O13/c1-23(7-12-32(44)45)27-10-11-28-26-9-8-24-18-25(13-14-38(24,2)29(26)19-31(43)39(27,28)3)55-37(54)40-15-5-4-6-30(36(52)53)42(22-35(50)51)17-16-41(20-33(46)47)21-34(48)49/h23-31,43H,4-22H2,1-3H3,(H,40,54)(H,44,45)(H,46,47)(H,48,49)(H,50,51)(H,52,53)/t23-,24+,25-,26+,27-,28+,29+,30?,31+,38+,39-/m1/s1. The number of unbranched alkanes of at least 4 members (excludes halogenated alkanes) is 1. The van der Waals surface area contributed by atoms with E-state index in [9.17, 15) is 49.2 Å². The summed E-state index contributed by atoms with van der Waals surface area (Å²) in [6, 6.07) is -1.22. The van der Waals surface area contributed by atoms with Crippen molar-refractivity contribution in [3.05, 3.63) is 0 Å². The van der Waals surface area contributed by atoms with Crippen LogP contribution in [0, 0.1) is 46.3 Å². The van der Waals surface area contributed by atoms with Gasteiger partial charge in [-0.2, -0.15) is 0 Å². The van der Waals surface area contributed by atoms with E-state index in [0.29, 0.717) is 48.9 Å². The number of fused-ring (bicyclic) bond motifs is 5. The van der Waals surface area contributed by atoms with Crippen molar-refractivity contribution >= 4 is 35.9 Å². The zero-order valence-corrected chi connectivity index (χ0v) is 32.6. The van der Waals surface area contributed by atoms with Gasteiger partial charge in [0.05, 0.1) is 25.7 Å². The molecule has 0 bridgehead atoms. The molecule has 16 nitrogen and oxygen atoms in total. The molecule has 4 aliphatic carbocycles. The molecule has 312 valence electrons. The molecule has 0 aromatic rings. The minimum Gasteiger partial charge on any atom is -0.481 e. The van der Waals surface area contributed by atoms with Crippen LogP contribution in [0.1, 0.15) is 104 Å². The van der Waals surface area contributed by atoms with Gasteiger partial charge in [0.2, 0.25) is 0 Å². The van der Waals surface area contributed by atoms with E-state index in [2.05, 4.69) is 26.1 Å². The van der Waals surface area contributed by atoms with Gasteiger partial charge in [-0.1, -0.05) is 20.8 Å². The number of hydrogen-bond acceptors (Lipinski definition) is 10. The number of alkyl carbamates (subject to hydrolysis) is 1. The van der Waals surface area contributed by atoms with Crippen LogP contribution in [0.3, 0.4) is 0 Å². The number of carbonyl (C=O) groups is 6. The molecule has 0 aromatic carbocycles. The summed E-state index contributed by atoms with van der Waals surface area (Å²) in [7, 11) is 0. The minimum absolute atomic E-state index is 0.0363. The average molecular weight is 782 g/mol. The van der Waals surface area contributed by atoms with Crippen molar-refractivity contribution in [1.82, 2.24) is 15.1 Å². The van der Waals surface area contributed by atoms with Crippen LogP contribution in [0.5, 0.6) is 0 Å². The molecule has 0 radical (unpaired) electrons. The molecule has 1 unspecified atom stereocenters. The number of nitrogens with one attached hydrogen (secondary N) is 1. The number of nitrogens with zero attached hydrogens (tertiary/aromatic N) is 2. The number of carbonyl (C=O) groups excluding carboxylic acids is 1. The van der Waals surface area contributed by atoms with E-state index in [1.807, 2.05) is 0 Å². The Bertz CT molecular complexity index is 1380. The first-order valence-electron chi connectivity index (χ1n) is 20.1. The second-order valence-corrected chi connectivity index (χ2v) is 17.3. The van der Waals surface area contributed by atoms with Crippen LogP contribution in [0.25, 0.3) is 0 Å². The van der Waals surface area contributed by atoms with Crippen molar-refractivity contribution < 1.29 is 64.1 Å². The fourth-order valence-electron chi connectivity index (χ4n) is 11.5. The van der Waals surface area contributed by atoms with Gasteiger partial charge >= 0.3 is 35.9 Å². The van der Waals surface area contributed by atoms with Gasteiger partial charge in [-0.15, -0.1) is 0 Å². The highest BCUT2D eigenvalue weighted by molar-refractivity contribution is 5.75. The Morgan fingerprint density at radius 2 is 1.45 bits per heavy atom. The van der Waals surface area contributed by atoms with Gasteiger partial charge in [0.25, 0.3) is 0 Å². The molecule has 4 fully saturated rings. The van der Waals surface area contributed by atoms with Crippen LogP contribution >= 0.6 is 0 Å². The van der Waals surface area contributed by atoms with Gasteiger partial charge in [0.1, 0.15) is 12.1 Å². The SMILES string of the molecule is C[C@H](CCC(=O)O)[C@H]1CC[C@H]2[C@@H]3CC[C@H]4C[C@H](OC(=O)NCCCCC(C(=O)O)N(CCN(CC(=O)O)CC(=O)O)CC(=O)O)CC[C@]4(C)[C@H]3C[C@H](O)[C@]12C. The van der Waals surface area contributed by atoms with E-state index in [0.717, 1.165) is 56.3 Å². The van der Waals surface area contributed by atoms with Gasteiger partial charge < -0.3 is 40.7 Å². The van der Waals surface area contributed by atoms with Crippen LogP contribution in [0.15, 0.2) is 0 Å². The fraction of sp³-hybridized carbons (Fsp3) is 0.846. The van der Waals surface area contributed by atoms with Gasteiger partial charge in [-0.05, 0) is 123 Å². The van der Waals surface area contributed by atoms with E-state index in [1.165, 1.54) is 4.90 Å². The minimum atomic E-state index is -1.28. The number of ether oxygens (including phenoxy) is 1. The molecular formula is C39H63N3O13. The summed E-state index contributed by atoms with van der Waals surface area (Å²) in [6.07, 6.45) is 7.74. The molecule has 0 aliphatic heterocycles. The third-order valence-corrected chi connectivity index (χ3v) is 14.2. The summed E-state index contributed by atoms with van der Waals surface area (Å²) in [4.78, 5) is 72.3. The first-order valence-corrected chi connectivity index (χ1v) is 20.1. The Morgan fingerprint density at radius 3 is 2.07 bits per heavy atom. The lowest BCUT2D eigenvalue weighted by atomic mass is 9.43. The quantitative estimate of drug-likeness (QED) is 0.0821. The van der Waals surface area contributed by atoms with Crippen molar-refractivity contribution in [2.45, 2.75) is 122 Å². The zero-order chi connectivity index (χ0) is 40.7. The van der Waals surface area contributed by atoms with Crippen molar-refractivity contribution in [3.63, 3.8) is 0 Å². The predicted molar refractivity (Wildman–Crippen MR) is 197 cm³/mol. The normalized spacial score (nSPS) is 32.4. The third-order valence-electron chi connectivity index (χ3n) is 14.2. The van der Waals surface area contributed by atoms with E-state index in [1.54, 1.807) is 0 Å². The predicted octanol–water partition coefficient (Wildman–Crippen LogP) is 3.69. The molecule has 4 saturated carbocycles. The largest absolute Gasteiger partial charge is 0.481 e. The first kappa shape index (κ1) is 44.2. The number of aliphatic carboxylic acids is 5. The highest BCUT2D eigenvalue weighted by atomic mass is 16.6. The lowest BCUT2D eigenvalue weighted by molar-refractivity contribution is -0.175. The van der Waals surface area contributed by atoms with E-state index >= 15 is 0 Å². The maximum Gasteiger partial charge on any atom is 0.407 e. The summed E-state index contributed by atoms with van der Waals surface area (Å²) in [5, 5.41) is 61.3. The van der Waals surface area contributed by atoms with E-state index in [4.69, 9.17) is 14.9 Å². The van der Waals surface area contributed by atoms with Gasteiger partial charge in [-0.25, -0.2) is 4.79 Å². The number of rotatable bonds is 21. The molecule has 55 heavy (non-hydrogen) atoms. The lowest BCUT2D eigenvalue weighted by Crippen LogP contribution is -2.59. The molecule has 0 saturated heterocycles. The van der Waals surface area contributed by atoms with Crippen LogP contribution < -0.4 is 5.32 Å². The number of aliphatic hydroxyl groups is 1. The van der Waals surface area contributed by atoms with Crippen LogP contribution in [0.2, 0.25) is 0 Å². The molecule has 1 amide bonds. The zero-order valence-electron chi connectivity index (χ0n) is 32.6. The first-order chi connectivity index (χ1) is 25.9. The fourth-order valence-corrected chi connectivity index (χ4v) is 11.5. The third kappa shape index (κ3) is 10.9. The monoisotopic (exact) mass is 781 g/mol. The second-order valence-electron chi connectivity index (χ2n) is 17.3. The summed E-state index contributed by atoms with van der Waals surface area (Å²) in [6.45, 7) is 4.84. The smallest absolute Gasteiger partial charge is 0.407 e. The molecule has 16 heteroatoms. The van der Waals surface area contributed by atoms with Crippen molar-refractivity contribution in [1.29, 1.82) is 0 Å². The Morgan fingerprint density at radius 1 is 0.782 bits per heavy atom. The number of hydrogen-bond donors (Lipinski definition) is 7. The highest BCUT2D eigenvalue weighted by Gasteiger charge is 2.64. The van der Waals surface area contributed by atoms with Gasteiger partial charge in [-0.3, -0.25) is 33.8 Å². The number of carboxylic acids is 5. The van der Waals surface area contributed by atoms with Crippen molar-refractivity contribution in [2.24, 2.45) is 46.3 Å². The molecule has 11 atom stereocenters. The van der Waals surface area contributed by atoms with Crippen molar-refractivity contribution in [3.8, 4) is 0 Å².